The van der Waals surface area contributed by atoms with Crippen molar-refractivity contribution in [1.29, 1.82) is 0 Å². The molecule has 0 aromatic rings. The van der Waals surface area contributed by atoms with Gasteiger partial charge in [0.25, 0.3) is 5.91 Å². The predicted octanol–water partition coefficient (Wildman–Crippen LogP) is -0.668. The Morgan fingerprint density at radius 1 is 1.40 bits per heavy atom. The molecule has 6 heteroatoms. The first-order valence-corrected chi connectivity index (χ1v) is 4.64. The normalized spacial score (nSPS) is 32.5. The van der Waals surface area contributed by atoms with E-state index in [2.05, 4.69) is 21.1 Å². The summed E-state index contributed by atoms with van der Waals surface area (Å²) in [4.78, 5) is 11.3. The monoisotopic (exact) mass is 208 g/mol. The van der Waals surface area contributed by atoms with Crippen LogP contribution in [0.5, 0.6) is 0 Å². The Labute approximate surface area is 86.7 Å². The highest BCUT2D eigenvalue weighted by molar-refractivity contribution is 6.24. The number of amides is 1. The van der Waals surface area contributed by atoms with E-state index in [9.17, 15) is 9.90 Å². The molecule has 0 bridgehead atoms. The zero-order valence-electron chi connectivity index (χ0n) is 8.48. The van der Waals surface area contributed by atoms with E-state index in [1.54, 1.807) is 19.9 Å². The third kappa shape index (κ3) is 1.63. The highest BCUT2D eigenvalue weighted by Gasteiger charge is 2.28. The van der Waals surface area contributed by atoms with Crippen LogP contribution >= 0.6 is 0 Å². The van der Waals surface area contributed by atoms with Crippen LogP contribution in [0.4, 0.5) is 0 Å². The van der Waals surface area contributed by atoms with Crippen molar-refractivity contribution in [2.24, 2.45) is 16.1 Å². The molecule has 2 aliphatic heterocycles. The average Bonchev–Trinajstić information content (AvgIpc) is 2.67. The van der Waals surface area contributed by atoms with Crippen LogP contribution in [0.2, 0.25) is 0 Å². The van der Waals surface area contributed by atoms with Crippen molar-refractivity contribution in [3.8, 4) is 0 Å². The molecule has 2 rings (SSSR count). The van der Waals surface area contributed by atoms with Gasteiger partial charge in [0.1, 0.15) is 0 Å². The first-order valence-electron chi connectivity index (χ1n) is 4.64. The zero-order chi connectivity index (χ0) is 11.0. The Bertz CT molecular complexity index is 397. The van der Waals surface area contributed by atoms with E-state index >= 15 is 0 Å². The first kappa shape index (κ1) is 9.85. The maximum absolute atomic E-state index is 11.3. The number of hydrazone groups is 2. The number of carbonyl (C=O) groups is 1. The summed E-state index contributed by atoms with van der Waals surface area (Å²) in [6.45, 7) is 3.54. The van der Waals surface area contributed by atoms with Crippen LogP contribution in [0, 0.1) is 5.92 Å². The number of nitrogens with zero attached hydrogens (tertiary/aromatic N) is 2. The highest BCUT2D eigenvalue weighted by Crippen LogP contribution is 2.17. The first-order chi connectivity index (χ1) is 7.09. The summed E-state index contributed by atoms with van der Waals surface area (Å²) >= 11 is 0. The molecule has 3 N–H and O–H groups in total. The predicted molar refractivity (Wildman–Crippen MR) is 55.1 cm³/mol. The van der Waals surface area contributed by atoms with Crippen LogP contribution in [0.15, 0.2) is 21.9 Å². The molecule has 0 aromatic heterocycles. The van der Waals surface area contributed by atoms with Gasteiger partial charge in [-0.25, -0.2) is 5.43 Å². The second-order valence-electron chi connectivity index (χ2n) is 3.57. The number of hydrogen-bond acceptors (Lipinski definition) is 5. The summed E-state index contributed by atoms with van der Waals surface area (Å²) in [7, 11) is 0. The average molecular weight is 208 g/mol. The summed E-state index contributed by atoms with van der Waals surface area (Å²) in [5.41, 5.74) is 6.79. The standard InChI is InChI=1S/C9H12N4O2/c1-4-6(8(14)12-10-4)3-7-5(2)11-13-9(7)15/h3,6,8,12,14H,1-2H3,(H,13,15)/b7-3-. The smallest absolute Gasteiger partial charge is 0.272 e. The van der Waals surface area contributed by atoms with Gasteiger partial charge in [-0.3, -0.25) is 10.2 Å². The lowest BCUT2D eigenvalue weighted by atomic mass is 9.98. The molecule has 0 aromatic carbocycles. The van der Waals surface area contributed by atoms with E-state index in [1.807, 2.05) is 0 Å². The van der Waals surface area contributed by atoms with Gasteiger partial charge in [-0.2, -0.15) is 10.2 Å². The van der Waals surface area contributed by atoms with Gasteiger partial charge in [-0.15, -0.1) is 0 Å². The fourth-order valence-corrected chi connectivity index (χ4v) is 1.56. The molecule has 2 atom stereocenters. The van der Waals surface area contributed by atoms with Crippen LogP contribution < -0.4 is 10.9 Å². The molecule has 80 valence electrons. The van der Waals surface area contributed by atoms with Gasteiger partial charge < -0.3 is 5.11 Å². The summed E-state index contributed by atoms with van der Waals surface area (Å²) in [5.74, 6) is -0.506. The highest BCUT2D eigenvalue weighted by atomic mass is 16.3. The van der Waals surface area contributed by atoms with E-state index in [4.69, 9.17) is 0 Å². The number of aliphatic hydroxyl groups is 1. The van der Waals surface area contributed by atoms with Crippen LogP contribution in [0.1, 0.15) is 13.8 Å². The van der Waals surface area contributed by atoms with Crippen molar-refractivity contribution in [1.82, 2.24) is 10.9 Å². The Kier molecular flexibility index (Phi) is 2.28. The number of hydrogen-bond donors (Lipinski definition) is 3. The largest absolute Gasteiger partial charge is 0.371 e. The van der Waals surface area contributed by atoms with Gasteiger partial charge in [0.05, 0.1) is 17.2 Å². The molecule has 2 aliphatic rings. The molecular weight excluding hydrogens is 196 g/mol. The lowest BCUT2D eigenvalue weighted by molar-refractivity contribution is -0.116. The Hall–Kier alpha value is -1.69. The minimum atomic E-state index is -0.765. The van der Waals surface area contributed by atoms with E-state index in [0.717, 1.165) is 5.71 Å². The van der Waals surface area contributed by atoms with Gasteiger partial charge >= 0.3 is 0 Å². The molecule has 0 spiro atoms. The summed E-state index contributed by atoms with van der Waals surface area (Å²) in [6.07, 6.45) is 0.920. The van der Waals surface area contributed by atoms with E-state index in [1.165, 1.54) is 0 Å². The third-order valence-corrected chi connectivity index (χ3v) is 2.50. The Morgan fingerprint density at radius 2 is 2.13 bits per heavy atom. The molecule has 15 heavy (non-hydrogen) atoms. The minimum absolute atomic E-state index is 0.237. The van der Waals surface area contributed by atoms with Crippen molar-refractivity contribution in [3.05, 3.63) is 11.6 Å². The maximum atomic E-state index is 11.3. The van der Waals surface area contributed by atoms with Crippen molar-refractivity contribution in [3.63, 3.8) is 0 Å². The van der Waals surface area contributed by atoms with E-state index in [-0.39, 0.29) is 11.8 Å². The van der Waals surface area contributed by atoms with Gasteiger partial charge in [0, 0.05) is 5.71 Å². The van der Waals surface area contributed by atoms with Crippen molar-refractivity contribution < 1.29 is 9.90 Å². The molecule has 0 radical (unpaired) electrons. The quantitative estimate of drug-likeness (QED) is 0.500. The molecule has 2 unspecified atom stereocenters. The van der Waals surface area contributed by atoms with Gasteiger partial charge in [-0.05, 0) is 13.8 Å². The molecule has 0 saturated heterocycles. The maximum Gasteiger partial charge on any atom is 0.272 e. The van der Waals surface area contributed by atoms with E-state index in [0.29, 0.717) is 11.3 Å². The molecule has 6 nitrogen and oxygen atoms in total. The summed E-state index contributed by atoms with van der Waals surface area (Å²) < 4.78 is 0. The van der Waals surface area contributed by atoms with Crippen LogP contribution in [-0.2, 0) is 4.79 Å². The van der Waals surface area contributed by atoms with Gasteiger partial charge in [0.2, 0.25) is 0 Å². The third-order valence-electron chi connectivity index (χ3n) is 2.50. The number of rotatable bonds is 1. The summed E-state index contributed by atoms with van der Waals surface area (Å²) in [5, 5.41) is 17.2. The Morgan fingerprint density at radius 3 is 2.60 bits per heavy atom. The Balaban J connectivity index is 2.26. The molecule has 0 saturated carbocycles. The topological polar surface area (TPSA) is 86.1 Å². The molecule has 0 fully saturated rings. The second kappa shape index (κ2) is 3.47. The van der Waals surface area contributed by atoms with Crippen molar-refractivity contribution >= 4 is 17.3 Å². The fraction of sp³-hybridized carbons (Fsp3) is 0.444. The minimum Gasteiger partial charge on any atom is -0.371 e. The van der Waals surface area contributed by atoms with E-state index < -0.39 is 6.23 Å². The lowest BCUT2D eigenvalue weighted by Crippen LogP contribution is -2.28. The van der Waals surface area contributed by atoms with Gasteiger partial charge in [-0.1, -0.05) is 6.08 Å². The van der Waals surface area contributed by atoms with Crippen LogP contribution in [-0.4, -0.2) is 28.7 Å². The summed E-state index contributed by atoms with van der Waals surface area (Å²) in [6, 6.07) is 0. The van der Waals surface area contributed by atoms with Crippen LogP contribution in [0.25, 0.3) is 0 Å². The zero-order valence-corrected chi connectivity index (χ0v) is 8.48. The lowest BCUT2D eigenvalue weighted by Gasteiger charge is -2.10. The molecule has 1 amide bonds. The SMILES string of the molecule is CC1=NNC(=O)/C1=C\C1C(C)=NNC1O. The van der Waals surface area contributed by atoms with Gasteiger partial charge in [0.15, 0.2) is 6.23 Å². The van der Waals surface area contributed by atoms with Crippen LogP contribution in [0.3, 0.4) is 0 Å². The van der Waals surface area contributed by atoms with Crippen molar-refractivity contribution in [2.45, 2.75) is 20.1 Å². The number of aliphatic hydroxyl groups excluding tert-OH is 1. The molecular formula is C9H12N4O2. The number of nitrogens with one attached hydrogen (secondary N) is 2. The molecule has 2 heterocycles. The number of carbonyl (C=O) groups excluding carboxylic acids is 1. The molecule has 0 aliphatic carbocycles. The second-order valence-corrected chi connectivity index (χ2v) is 3.57. The fourth-order valence-electron chi connectivity index (χ4n) is 1.56. The van der Waals surface area contributed by atoms with Crippen molar-refractivity contribution in [2.75, 3.05) is 0 Å².